The second-order valence-corrected chi connectivity index (χ2v) is 5.51. The number of Topliss-reactive ketones (excluding diaryl/α,β-unsaturated/α-hetero) is 1. The highest BCUT2D eigenvalue weighted by atomic mass is 32.2. The summed E-state index contributed by atoms with van der Waals surface area (Å²) in [6, 6.07) is 0.216. The summed E-state index contributed by atoms with van der Waals surface area (Å²) in [4.78, 5) is 11.1. The van der Waals surface area contributed by atoms with Gasteiger partial charge in [0, 0.05) is 37.2 Å². The lowest BCUT2D eigenvalue weighted by Gasteiger charge is -2.51. The Morgan fingerprint density at radius 3 is 2.36 bits per heavy atom. The molecule has 0 aromatic rings. The molecule has 3 nitrogen and oxygen atoms in total. The van der Waals surface area contributed by atoms with E-state index in [1.807, 2.05) is 11.8 Å². The first-order valence-electron chi connectivity index (χ1n) is 5.38. The van der Waals surface area contributed by atoms with Gasteiger partial charge < -0.3 is 9.85 Å². The zero-order valence-corrected chi connectivity index (χ0v) is 9.22. The van der Waals surface area contributed by atoms with Crippen LogP contribution in [0.1, 0.15) is 25.7 Å². The van der Waals surface area contributed by atoms with Crippen molar-refractivity contribution in [1.82, 2.24) is 0 Å². The number of hydroxylamine groups is 3. The van der Waals surface area contributed by atoms with Crippen LogP contribution in [-0.4, -0.2) is 41.1 Å². The Morgan fingerprint density at radius 2 is 1.79 bits per heavy atom. The Kier molecular flexibility index (Phi) is 3.14. The van der Waals surface area contributed by atoms with Crippen LogP contribution >= 0.6 is 11.8 Å². The second kappa shape index (κ2) is 4.21. The largest absolute Gasteiger partial charge is 0.633 e. The van der Waals surface area contributed by atoms with Gasteiger partial charge in [-0.25, -0.2) is 0 Å². The third kappa shape index (κ3) is 2.12. The van der Waals surface area contributed by atoms with Gasteiger partial charge in [-0.2, -0.15) is 11.8 Å². The number of nitrogens with zero attached hydrogens (tertiary/aromatic N) is 1. The van der Waals surface area contributed by atoms with Gasteiger partial charge in [-0.3, -0.25) is 4.79 Å². The summed E-state index contributed by atoms with van der Waals surface area (Å²) in [5.74, 6) is 2.33. The highest BCUT2D eigenvalue weighted by Crippen LogP contribution is 2.29. The van der Waals surface area contributed by atoms with E-state index in [2.05, 4.69) is 0 Å². The molecule has 1 saturated carbocycles. The number of thioether (sulfide) groups is 1. The molecule has 0 radical (unpaired) electrons. The SMILES string of the molecule is O=C1CCC([N+]2([O-])CCSCC2)CC1. The fourth-order valence-corrected chi connectivity index (χ4v) is 3.49. The van der Waals surface area contributed by atoms with Crippen LogP contribution in [0.25, 0.3) is 0 Å². The van der Waals surface area contributed by atoms with E-state index in [4.69, 9.17) is 0 Å². The zero-order chi connectivity index (χ0) is 10.0. The van der Waals surface area contributed by atoms with Crippen LogP contribution in [0.4, 0.5) is 0 Å². The van der Waals surface area contributed by atoms with E-state index < -0.39 is 0 Å². The normalized spacial score (nSPS) is 29.1. The third-order valence-electron chi connectivity index (χ3n) is 3.41. The van der Waals surface area contributed by atoms with Crippen LogP contribution in [0.5, 0.6) is 0 Å². The first kappa shape index (κ1) is 10.5. The molecule has 2 fully saturated rings. The number of hydrogen-bond acceptors (Lipinski definition) is 3. The van der Waals surface area contributed by atoms with Crippen molar-refractivity contribution in [1.29, 1.82) is 0 Å². The lowest BCUT2D eigenvalue weighted by molar-refractivity contribution is -0.902. The molecule has 2 aliphatic rings. The molecule has 0 aromatic heterocycles. The Labute approximate surface area is 89.0 Å². The average molecular weight is 215 g/mol. The van der Waals surface area contributed by atoms with Crippen molar-refractivity contribution in [3.05, 3.63) is 5.21 Å². The topological polar surface area (TPSA) is 40.1 Å². The Bertz CT molecular complexity index is 216. The standard InChI is InChI=1S/C10H17NO2S/c12-10-3-1-9(2-4-10)11(13)5-7-14-8-6-11/h9H,1-8H2. The molecule has 1 heterocycles. The highest BCUT2D eigenvalue weighted by Gasteiger charge is 2.33. The lowest BCUT2D eigenvalue weighted by atomic mass is 9.93. The summed E-state index contributed by atoms with van der Waals surface area (Å²) in [5.41, 5.74) is 0. The minimum atomic E-state index is -0.0136. The van der Waals surface area contributed by atoms with Crippen molar-refractivity contribution in [2.75, 3.05) is 24.6 Å². The van der Waals surface area contributed by atoms with Gasteiger partial charge in [0.15, 0.2) is 0 Å². The summed E-state index contributed by atoms with van der Waals surface area (Å²) in [6.45, 7) is 1.51. The summed E-state index contributed by atoms with van der Waals surface area (Å²) >= 11 is 1.88. The summed E-state index contributed by atoms with van der Waals surface area (Å²) < 4.78 is -0.0136. The molecule has 1 saturated heterocycles. The van der Waals surface area contributed by atoms with Crippen LogP contribution < -0.4 is 0 Å². The molecular weight excluding hydrogens is 198 g/mol. The molecule has 0 N–H and O–H groups in total. The van der Waals surface area contributed by atoms with Gasteiger partial charge in [0.05, 0.1) is 19.1 Å². The van der Waals surface area contributed by atoms with E-state index in [0.717, 1.165) is 37.4 Å². The molecule has 2 rings (SSSR count). The van der Waals surface area contributed by atoms with Gasteiger partial charge in [-0.15, -0.1) is 0 Å². The van der Waals surface area contributed by atoms with Crippen molar-refractivity contribution in [2.45, 2.75) is 31.7 Å². The minimum Gasteiger partial charge on any atom is -0.633 e. The van der Waals surface area contributed by atoms with E-state index in [-0.39, 0.29) is 10.7 Å². The number of carbonyl (C=O) groups is 1. The molecule has 1 aliphatic heterocycles. The summed E-state index contributed by atoms with van der Waals surface area (Å²) in [6.07, 6.45) is 2.93. The van der Waals surface area contributed by atoms with Crippen molar-refractivity contribution < 1.29 is 9.44 Å². The van der Waals surface area contributed by atoms with Gasteiger partial charge in [-0.05, 0) is 0 Å². The summed E-state index contributed by atoms with van der Waals surface area (Å²) in [7, 11) is 0. The van der Waals surface area contributed by atoms with Gasteiger partial charge >= 0.3 is 0 Å². The van der Waals surface area contributed by atoms with Crippen molar-refractivity contribution >= 4 is 17.5 Å². The fourth-order valence-electron chi connectivity index (χ4n) is 2.41. The number of hydrogen-bond donors (Lipinski definition) is 0. The zero-order valence-electron chi connectivity index (χ0n) is 8.41. The molecule has 4 heteroatoms. The molecule has 14 heavy (non-hydrogen) atoms. The molecule has 80 valence electrons. The molecular formula is C10H17NO2S. The van der Waals surface area contributed by atoms with Gasteiger partial charge in [0.1, 0.15) is 5.78 Å². The monoisotopic (exact) mass is 215 g/mol. The molecule has 0 aromatic carbocycles. The van der Waals surface area contributed by atoms with E-state index >= 15 is 0 Å². The maximum absolute atomic E-state index is 12.4. The van der Waals surface area contributed by atoms with Crippen LogP contribution in [0, 0.1) is 5.21 Å². The Morgan fingerprint density at radius 1 is 1.21 bits per heavy atom. The third-order valence-corrected chi connectivity index (χ3v) is 4.35. The number of ketones is 1. The number of carbonyl (C=O) groups excluding carboxylic acids is 1. The predicted octanol–water partition coefficient (Wildman–Crippen LogP) is 1.56. The smallest absolute Gasteiger partial charge is 0.133 e. The number of quaternary nitrogens is 1. The maximum atomic E-state index is 12.4. The number of rotatable bonds is 1. The van der Waals surface area contributed by atoms with Gasteiger partial charge in [0.25, 0.3) is 0 Å². The fraction of sp³-hybridized carbons (Fsp3) is 0.900. The van der Waals surface area contributed by atoms with Gasteiger partial charge in [0.2, 0.25) is 0 Å². The minimum absolute atomic E-state index is 0.0136. The van der Waals surface area contributed by atoms with E-state index in [1.54, 1.807) is 0 Å². The Balaban J connectivity index is 1.95. The van der Waals surface area contributed by atoms with Crippen LogP contribution in [0.15, 0.2) is 0 Å². The molecule has 1 aliphatic carbocycles. The predicted molar refractivity (Wildman–Crippen MR) is 57.9 cm³/mol. The maximum Gasteiger partial charge on any atom is 0.133 e. The van der Waals surface area contributed by atoms with E-state index in [1.165, 1.54) is 0 Å². The second-order valence-electron chi connectivity index (χ2n) is 4.28. The van der Waals surface area contributed by atoms with Crippen LogP contribution in [0.3, 0.4) is 0 Å². The van der Waals surface area contributed by atoms with Crippen LogP contribution in [0.2, 0.25) is 0 Å². The Hall–Kier alpha value is -0.0600. The van der Waals surface area contributed by atoms with Crippen LogP contribution in [-0.2, 0) is 4.79 Å². The van der Waals surface area contributed by atoms with E-state index in [9.17, 15) is 10.0 Å². The average Bonchev–Trinajstić information content (AvgIpc) is 2.19. The van der Waals surface area contributed by atoms with Gasteiger partial charge in [-0.1, -0.05) is 0 Å². The molecule has 0 amide bonds. The molecule has 0 atom stereocenters. The first-order valence-corrected chi connectivity index (χ1v) is 6.53. The lowest BCUT2D eigenvalue weighted by Crippen LogP contribution is -2.56. The van der Waals surface area contributed by atoms with Crippen molar-refractivity contribution in [3.63, 3.8) is 0 Å². The van der Waals surface area contributed by atoms with Crippen molar-refractivity contribution in [3.8, 4) is 0 Å². The first-order chi connectivity index (χ1) is 6.71. The van der Waals surface area contributed by atoms with E-state index in [0.29, 0.717) is 18.6 Å². The molecule has 0 bridgehead atoms. The highest BCUT2D eigenvalue weighted by molar-refractivity contribution is 7.99. The summed E-state index contributed by atoms with van der Waals surface area (Å²) in [5, 5.41) is 12.4. The quantitative estimate of drug-likeness (QED) is 0.492. The molecule has 0 unspecified atom stereocenters. The van der Waals surface area contributed by atoms with Crippen molar-refractivity contribution in [2.24, 2.45) is 0 Å². The molecule has 0 spiro atoms.